The van der Waals surface area contributed by atoms with E-state index in [4.69, 9.17) is 8.83 Å². The normalized spacial score (nSPS) is 11.6. The summed E-state index contributed by atoms with van der Waals surface area (Å²) in [5.41, 5.74) is 0.339. The van der Waals surface area contributed by atoms with Crippen molar-refractivity contribution < 1.29 is 31.5 Å². The van der Waals surface area contributed by atoms with Gasteiger partial charge in [-0.2, -0.15) is 0 Å². The second-order valence-electron chi connectivity index (χ2n) is 5.77. The number of nitrogens with zero attached hydrogens (tertiary/aromatic N) is 3. The molecule has 0 aliphatic rings. The summed E-state index contributed by atoms with van der Waals surface area (Å²) in [6.45, 7) is 0.221. The maximum absolute atomic E-state index is 12.1. The molecule has 3 rings (SSSR count). The van der Waals surface area contributed by atoms with Gasteiger partial charge >= 0.3 is 6.36 Å². The largest absolute Gasteiger partial charge is 0.573 e. The average Bonchev–Trinajstić information content (AvgIpc) is 3.26. The smallest absolute Gasteiger partial charge is 0.459 e. The number of aromatic nitrogens is 2. The molecule has 0 fully saturated rings. The van der Waals surface area contributed by atoms with E-state index in [-0.39, 0.29) is 30.6 Å². The molecule has 0 saturated heterocycles. The Morgan fingerprint density at radius 2 is 1.96 bits per heavy atom. The summed E-state index contributed by atoms with van der Waals surface area (Å²) >= 11 is 0. The summed E-state index contributed by atoms with van der Waals surface area (Å²) < 4.78 is 50.8. The van der Waals surface area contributed by atoms with Crippen molar-refractivity contribution in [2.24, 2.45) is 0 Å². The molecule has 0 aliphatic heterocycles. The Morgan fingerprint density at radius 1 is 1.21 bits per heavy atom. The van der Waals surface area contributed by atoms with Crippen molar-refractivity contribution >= 4 is 11.6 Å². The van der Waals surface area contributed by atoms with E-state index >= 15 is 0 Å². The number of carbonyl (C=O) groups excluding carboxylic acids is 1. The zero-order chi connectivity index (χ0) is 20.1. The van der Waals surface area contributed by atoms with Crippen LogP contribution in [0.25, 0.3) is 11.7 Å². The Bertz CT molecular complexity index is 907. The van der Waals surface area contributed by atoms with E-state index in [0.717, 1.165) is 12.1 Å². The first kappa shape index (κ1) is 19.4. The Balaban J connectivity index is 1.49. The molecule has 0 atom stereocenters. The number of rotatable bonds is 7. The molecule has 0 saturated carbocycles. The first-order valence-corrected chi connectivity index (χ1v) is 7.99. The molecule has 1 N–H and O–H groups in total. The molecule has 1 amide bonds. The van der Waals surface area contributed by atoms with Crippen LogP contribution in [0.1, 0.15) is 5.89 Å². The van der Waals surface area contributed by atoms with Crippen LogP contribution in [0.4, 0.5) is 18.9 Å². The van der Waals surface area contributed by atoms with Gasteiger partial charge in [-0.25, -0.2) is 0 Å². The second kappa shape index (κ2) is 8.13. The average molecular weight is 396 g/mol. The van der Waals surface area contributed by atoms with E-state index in [9.17, 15) is 18.0 Å². The molecule has 2 aromatic heterocycles. The van der Waals surface area contributed by atoms with E-state index in [1.165, 1.54) is 18.4 Å². The van der Waals surface area contributed by atoms with Crippen LogP contribution < -0.4 is 10.1 Å². The molecule has 148 valence electrons. The third kappa shape index (κ3) is 5.58. The lowest BCUT2D eigenvalue weighted by Gasteiger charge is -2.14. The minimum absolute atomic E-state index is 0.000726. The first-order chi connectivity index (χ1) is 13.3. The number of halogens is 3. The van der Waals surface area contributed by atoms with Crippen molar-refractivity contribution in [3.05, 3.63) is 48.6 Å². The molecule has 28 heavy (non-hydrogen) atoms. The van der Waals surface area contributed by atoms with E-state index < -0.39 is 6.36 Å². The summed E-state index contributed by atoms with van der Waals surface area (Å²) in [5.74, 6) is 0.246. The molecule has 1 aromatic carbocycles. The minimum Gasteiger partial charge on any atom is -0.459 e. The van der Waals surface area contributed by atoms with Gasteiger partial charge in [0.1, 0.15) is 5.75 Å². The standard InChI is InChI=1S/C17H15F3N4O4/c1-24(10-15-22-23-16(27-15)13-3-2-8-26-13)9-14(25)21-11-4-6-12(7-5-11)28-17(18,19)20/h2-8H,9-10H2,1H3,(H,21,25). The highest BCUT2D eigenvalue weighted by atomic mass is 19.4. The van der Waals surface area contributed by atoms with E-state index in [2.05, 4.69) is 20.3 Å². The maximum Gasteiger partial charge on any atom is 0.573 e. The fourth-order valence-corrected chi connectivity index (χ4v) is 2.29. The van der Waals surface area contributed by atoms with E-state index in [1.807, 2.05) is 0 Å². The Morgan fingerprint density at radius 3 is 2.61 bits per heavy atom. The van der Waals surface area contributed by atoms with Crippen molar-refractivity contribution in [3.63, 3.8) is 0 Å². The highest BCUT2D eigenvalue weighted by Gasteiger charge is 2.31. The fraction of sp³-hybridized carbons (Fsp3) is 0.235. The van der Waals surface area contributed by atoms with Crippen LogP contribution in [-0.2, 0) is 11.3 Å². The lowest BCUT2D eigenvalue weighted by Crippen LogP contribution is -2.29. The van der Waals surface area contributed by atoms with Crippen molar-refractivity contribution in [1.82, 2.24) is 15.1 Å². The summed E-state index contributed by atoms with van der Waals surface area (Å²) in [6.07, 6.45) is -3.28. The van der Waals surface area contributed by atoms with Crippen LogP contribution in [0.2, 0.25) is 0 Å². The number of ether oxygens (including phenoxy) is 1. The van der Waals surface area contributed by atoms with Gasteiger partial charge in [0.2, 0.25) is 11.8 Å². The zero-order valence-corrected chi connectivity index (χ0v) is 14.6. The predicted octanol–water partition coefficient (Wildman–Crippen LogP) is 3.30. The predicted molar refractivity (Wildman–Crippen MR) is 90.1 cm³/mol. The Kier molecular flexibility index (Phi) is 5.64. The third-order valence-corrected chi connectivity index (χ3v) is 3.39. The maximum atomic E-state index is 12.1. The van der Waals surface area contributed by atoms with Gasteiger partial charge in [-0.1, -0.05) is 0 Å². The number of anilines is 1. The van der Waals surface area contributed by atoms with Crippen LogP contribution in [-0.4, -0.2) is 41.0 Å². The van der Waals surface area contributed by atoms with Gasteiger partial charge in [-0.3, -0.25) is 9.69 Å². The van der Waals surface area contributed by atoms with Gasteiger partial charge in [-0.05, 0) is 43.4 Å². The Hall–Kier alpha value is -3.34. The molecule has 2 heterocycles. The number of amides is 1. The fourth-order valence-electron chi connectivity index (χ4n) is 2.29. The number of carbonyl (C=O) groups is 1. The highest BCUT2D eigenvalue weighted by molar-refractivity contribution is 5.92. The second-order valence-corrected chi connectivity index (χ2v) is 5.77. The molecule has 0 spiro atoms. The van der Waals surface area contributed by atoms with E-state index in [1.54, 1.807) is 24.1 Å². The minimum atomic E-state index is -4.76. The van der Waals surface area contributed by atoms with Gasteiger partial charge in [0.05, 0.1) is 19.4 Å². The van der Waals surface area contributed by atoms with Crippen molar-refractivity contribution in [2.75, 3.05) is 18.9 Å². The van der Waals surface area contributed by atoms with Crippen LogP contribution in [0.3, 0.4) is 0 Å². The van der Waals surface area contributed by atoms with E-state index in [0.29, 0.717) is 17.3 Å². The van der Waals surface area contributed by atoms with Gasteiger partial charge < -0.3 is 18.9 Å². The van der Waals surface area contributed by atoms with Crippen molar-refractivity contribution in [3.8, 4) is 17.4 Å². The number of furan rings is 1. The number of benzene rings is 1. The SMILES string of the molecule is CN(CC(=O)Nc1ccc(OC(F)(F)F)cc1)Cc1nnc(-c2ccco2)o1. The molecule has 0 aliphatic carbocycles. The number of nitrogens with one attached hydrogen (secondary N) is 1. The first-order valence-electron chi connectivity index (χ1n) is 7.99. The lowest BCUT2D eigenvalue weighted by atomic mass is 10.3. The number of hydrogen-bond acceptors (Lipinski definition) is 7. The molecular formula is C17H15F3N4O4. The molecule has 0 unspecified atom stereocenters. The topological polar surface area (TPSA) is 93.6 Å². The summed E-state index contributed by atoms with van der Waals surface area (Å²) in [4.78, 5) is 13.7. The van der Waals surface area contributed by atoms with Crippen LogP contribution in [0.5, 0.6) is 5.75 Å². The van der Waals surface area contributed by atoms with Crippen LogP contribution in [0, 0.1) is 0 Å². The van der Waals surface area contributed by atoms with Gasteiger partial charge in [0, 0.05) is 5.69 Å². The molecule has 8 nitrogen and oxygen atoms in total. The summed E-state index contributed by atoms with van der Waals surface area (Å²) in [6, 6.07) is 8.22. The Labute approximate surface area is 156 Å². The zero-order valence-electron chi connectivity index (χ0n) is 14.6. The molecule has 3 aromatic rings. The number of hydrogen-bond donors (Lipinski definition) is 1. The molecule has 0 radical (unpaired) electrons. The van der Waals surface area contributed by atoms with Crippen LogP contribution in [0.15, 0.2) is 51.5 Å². The third-order valence-electron chi connectivity index (χ3n) is 3.39. The van der Waals surface area contributed by atoms with Crippen molar-refractivity contribution in [2.45, 2.75) is 12.9 Å². The lowest BCUT2D eigenvalue weighted by molar-refractivity contribution is -0.274. The van der Waals surface area contributed by atoms with Crippen molar-refractivity contribution in [1.29, 1.82) is 0 Å². The molecular weight excluding hydrogens is 381 g/mol. The quantitative estimate of drug-likeness (QED) is 0.655. The van der Waals surface area contributed by atoms with Gasteiger partial charge in [0.25, 0.3) is 5.89 Å². The number of alkyl halides is 3. The number of likely N-dealkylation sites (N-methyl/N-ethyl adjacent to an activating group) is 1. The summed E-state index contributed by atoms with van der Waals surface area (Å²) in [7, 11) is 1.68. The van der Waals surface area contributed by atoms with Gasteiger partial charge in [-0.15, -0.1) is 23.4 Å². The molecule has 0 bridgehead atoms. The molecule has 11 heteroatoms. The monoisotopic (exact) mass is 396 g/mol. The highest BCUT2D eigenvalue weighted by Crippen LogP contribution is 2.24. The van der Waals surface area contributed by atoms with Gasteiger partial charge in [0.15, 0.2) is 5.76 Å². The van der Waals surface area contributed by atoms with Crippen LogP contribution >= 0.6 is 0 Å². The summed E-state index contributed by atoms with van der Waals surface area (Å²) in [5, 5.41) is 10.3.